The molecule has 0 aliphatic rings. The fourth-order valence-electron chi connectivity index (χ4n) is 1.65. The van der Waals surface area contributed by atoms with Gasteiger partial charge in [-0.25, -0.2) is 0 Å². The van der Waals surface area contributed by atoms with E-state index in [1.807, 2.05) is 6.07 Å². The monoisotopic (exact) mass is 365 g/mol. The molecule has 2 rings (SSSR count). The molecule has 0 atom stereocenters. The number of benzene rings is 2. The second kappa shape index (κ2) is 7.89. The molecule has 1 amide bonds. The van der Waals surface area contributed by atoms with Crippen LogP contribution in [0.1, 0.15) is 0 Å². The zero-order valence-corrected chi connectivity index (χ0v) is 13.9. The lowest BCUT2D eigenvalue weighted by atomic mass is 10.2. The molecule has 2 aromatic carbocycles. The maximum atomic E-state index is 12.1. The number of nitriles is 1. The molecule has 0 bridgehead atoms. The molecule has 0 aliphatic heterocycles. The number of hydrogen-bond acceptors (Lipinski definition) is 3. The third kappa shape index (κ3) is 4.90. The first-order valence-corrected chi connectivity index (χ1v) is 7.52. The highest BCUT2D eigenvalue weighted by atomic mass is 35.5. The molecule has 4 nitrogen and oxygen atoms in total. The molecule has 2 N–H and O–H groups in total. The van der Waals surface area contributed by atoms with Gasteiger partial charge in [0.1, 0.15) is 11.6 Å². The highest BCUT2D eigenvalue weighted by molar-refractivity contribution is 6.42. The third-order valence-electron chi connectivity index (χ3n) is 2.75. The van der Waals surface area contributed by atoms with Crippen LogP contribution in [-0.4, -0.2) is 5.91 Å². The van der Waals surface area contributed by atoms with Gasteiger partial charge in [0, 0.05) is 22.6 Å². The van der Waals surface area contributed by atoms with E-state index in [9.17, 15) is 4.79 Å². The average Bonchev–Trinajstić information content (AvgIpc) is 2.51. The van der Waals surface area contributed by atoms with E-state index in [-0.39, 0.29) is 5.57 Å². The first-order valence-electron chi connectivity index (χ1n) is 6.38. The normalized spacial score (nSPS) is 10.8. The molecular weight excluding hydrogens is 357 g/mol. The summed E-state index contributed by atoms with van der Waals surface area (Å²) in [6, 6.07) is 13.4. The van der Waals surface area contributed by atoms with Gasteiger partial charge < -0.3 is 10.6 Å². The summed E-state index contributed by atoms with van der Waals surface area (Å²) in [6.07, 6.45) is 1.30. The van der Waals surface area contributed by atoms with E-state index in [0.717, 1.165) is 0 Å². The van der Waals surface area contributed by atoms with Gasteiger partial charge in [-0.1, -0.05) is 40.9 Å². The lowest BCUT2D eigenvalue weighted by Crippen LogP contribution is -2.14. The highest BCUT2D eigenvalue weighted by Crippen LogP contribution is 2.25. The van der Waals surface area contributed by atoms with Crippen LogP contribution < -0.4 is 10.6 Å². The number of halogens is 3. The van der Waals surface area contributed by atoms with Gasteiger partial charge in [0.25, 0.3) is 5.91 Å². The van der Waals surface area contributed by atoms with E-state index in [4.69, 9.17) is 40.1 Å². The van der Waals surface area contributed by atoms with Crippen molar-refractivity contribution in [2.24, 2.45) is 0 Å². The molecule has 7 heteroatoms. The van der Waals surface area contributed by atoms with Gasteiger partial charge in [-0.15, -0.1) is 0 Å². The van der Waals surface area contributed by atoms with Crippen LogP contribution >= 0.6 is 34.8 Å². The standard InChI is InChI=1S/C16H10Cl3N3O/c17-11-2-1-3-12(6-11)21-9-10(8-20)16(23)22-13-4-5-14(18)15(19)7-13/h1-7,9,21H,(H,22,23)/b10-9-. The van der Waals surface area contributed by atoms with Gasteiger partial charge in [0.2, 0.25) is 0 Å². The number of anilines is 2. The first-order chi connectivity index (χ1) is 11.0. The van der Waals surface area contributed by atoms with Gasteiger partial charge in [-0.3, -0.25) is 4.79 Å². The molecule has 116 valence electrons. The third-order valence-corrected chi connectivity index (χ3v) is 3.72. The van der Waals surface area contributed by atoms with Crippen LogP contribution in [0.25, 0.3) is 0 Å². The molecule has 0 aromatic heterocycles. The summed E-state index contributed by atoms with van der Waals surface area (Å²) < 4.78 is 0. The van der Waals surface area contributed by atoms with Crippen LogP contribution in [0.15, 0.2) is 54.2 Å². The highest BCUT2D eigenvalue weighted by Gasteiger charge is 2.10. The predicted molar refractivity (Wildman–Crippen MR) is 93.9 cm³/mol. The Balaban J connectivity index is 2.10. The molecule has 0 saturated heterocycles. The largest absolute Gasteiger partial charge is 0.360 e. The topological polar surface area (TPSA) is 64.9 Å². The van der Waals surface area contributed by atoms with Crippen molar-refractivity contribution in [2.45, 2.75) is 0 Å². The lowest BCUT2D eigenvalue weighted by molar-refractivity contribution is -0.112. The summed E-state index contributed by atoms with van der Waals surface area (Å²) in [5, 5.41) is 15.8. The first kappa shape index (κ1) is 17.2. The van der Waals surface area contributed by atoms with E-state index in [1.165, 1.54) is 12.3 Å². The Morgan fingerprint density at radius 2 is 1.83 bits per heavy atom. The number of nitrogens with one attached hydrogen (secondary N) is 2. The van der Waals surface area contributed by atoms with Crippen LogP contribution in [-0.2, 0) is 4.79 Å². The number of amides is 1. The summed E-state index contributed by atoms with van der Waals surface area (Å²) in [7, 11) is 0. The molecule has 0 fully saturated rings. The van der Waals surface area contributed by atoms with Crippen LogP contribution in [0.3, 0.4) is 0 Å². The molecule has 0 radical (unpaired) electrons. The van der Waals surface area contributed by atoms with Crippen LogP contribution in [0.5, 0.6) is 0 Å². The van der Waals surface area contributed by atoms with E-state index in [2.05, 4.69) is 10.6 Å². The fourth-order valence-corrected chi connectivity index (χ4v) is 2.14. The number of carbonyl (C=O) groups excluding carboxylic acids is 1. The minimum absolute atomic E-state index is 0.101. The number of carbonyl (C=O) groups is 1. The van der Waals surface area contributed by atoms with Crippen molar-refractivity contribution in [3.63, 3.8) is 0 Å². The predicted octanol–water partition coefficient (Wildman–Crippen LogP) is 5.10. The maximum Gasteiger partial charge on any atom is 0.267 e. The second-order valence-electron chi connectivity index (χ2n) is 4.41. The molecule has 0 saturated carbocycles. The second-order valence-corrected chi connectivity index (χ2v) is 5.66. The van der Waals surface area contributed by atoms with Crippen molar-refractivity contribution in [1.82, 2.24) is 0 Å². The van der Waals surface area contributed by atoms with Crippen LogP contribution in [0.2, 0.25) is 15.1 Å². The van der Waals surface area contributed by atoms with Gasteiger partial charge in [-0.05, 0) is 36.4 Å². The van der Waals surface area contributed by atoms with Gasteiger partial charge in [0.05, 0.1) is 10.0 Å². The van der Waals surface area contributed by atoms with Gasteiger partial charge >= 0.3 is 0 Å². The summed E-state index contributed by atoms with van der Waals surface area (Å²) >= 11 is 17.6. The Labute approximate surface area is 148 Å². The number of nitrogens with zero attached hydrogens (tertiary/aromatic N) is 1. The summed E-state index contributed by atoms with van der Waals surface area (Å²) in [4.78, 5) is 12.1. The van der Waals surface area contributed by atoms with Crippen molar-refractivity contribution in [2.75, 3.05) is 10.6 Å². The average molecular weight is 367 g/mol. The number of rotatable bonds is 4. The van der Waals surface area contributed by atoms with E-state index >= 15 is 0 Å². The summed E-state index contributed by atoms with van der Waals surface area (Å²) in [5.41, 5.74) is 0.997. The van der Waals surface area contributed by atoms with Crippen molar-refractivity contribution in [1.29, 1.82) is 5.26 Å². The van der Waals surface area contributed by atoms with Crippen molar-refractivity contribution >= 4 is 52.1 Å². The zero-order chi connectivity index (χ0) is 16.8. The van der Waals surface area contributed by atoms with Gasteiger partial charge in [-0.2, -0.15) is 5.26 Å². The molecule has 2 aromatic rings. The van der Waals surface area contributed by atoms with E-state index < -0.39 is 5.91 Å². The summed E-state index contributed by atoms with van der Waals surface area (Å²) in [6.45, 7) is 0. The summed E-state index contributed by atoms with van der Waals surface area (Å²) in [5.74, 6) is -0.569. The Hall–Kier alpha value is -2.19. The Morgan fingerprint density at radius 1 is 1.04 bits per heavy atom. The van der Waals surface area contributed by atoms with Crippen LogP contribution in [0.4, 0.5) is 11.4 Å². The molecule has 0 spiro atoms. The Kier molecular flexibility index (Phi) is 5.89. The van der Waals surface area contributed by atoms with Crippen LogP contribution in [0, 0.1) is 11.3 Å². The molecule has 0 aliphatic carbocycles. The molecule has 0 unspecified atom stereocenters. The van der Waals surface area contributed by atoms with Crippen molar-refractivity contribution in [3.05, 3.63) is 69.3 Å². The minimum Gasteiger partial charge on any atom is -0.360 e. The van der Waals surface area contributed by atoms with E-state index in [1.54, 1.807) is 36.4 Å². The van der Waals surface area contributed by atoms with Crippen molar-refractivity contribution < 1.29 is 4.79 Å². The molecule has 23 heavy (non-hydrogen) atoms. The Morgan fingerprint density at radius 3 is 2.48 bits per heavy atom. The lowest BCUT2D eigenvalue weighted by Gasteiger charge is -2.06. The Bertz CT molecular complexity index is 812. The smallest absolute Gasteiger partial charge is 0.267 e. The molecular formula is C16H10Cl3N3O. The number of hydrogen-bond donors (Lipinski definition) is 2. The van der Waals surface area contributed by atoms with Crippen molar-refractivity contribution in [3.8, 4) is 6.07 Å². The van der Waals surface area contributed by atoms with E-state index in [0.29, 0.717) is 26.4 Å². The maximum absolute atomic E-state index is 12.1. The van der Waals surface area contributed by atoms with Gasteiger partial charge in [0.15, 0.2) is 0 Å². The zero-order valence-electron chi connectivity index (χ0n) is 11.6. The minimum atomic E-state index is -0.569. The molecule has 0 heterocycles. The SMILES string of the molecule is N#C/C(=C/Nc1cccc(Cl)c1)C(=O)Nc1ccc(Cl)c(Cl)c1. The fraction of sp³-hybridized carbons (Fsp3) is 0. The quantitative estimate of drug-likeness (QED) is 0.584.